The molecule has 0 aromatic carbocycles. The fourth-order valence-electron chi connectivity index (χ4n) is 2.96. The van der Waals surface area contributed by atoms with E-state index in [0.717, 1.165) is 44.3 Å². The normalized spacial score (nSPS) is 28.1. The molecule has 1 fully saturated rings. The zero-order valence-corrected chi connectivity index (χ0v) is 12.3. The Morgan fingerprint density at radius 2 is 2.06 bits per heavy atom. The van der Waals surface area contributed by atoms with Crippen molar-refractivity contribution in [2.45, 2.75) is 65.0 Å². The van der Waals surface area contributed by atoms with Gasteiger partial charge >= 0.3 is 0 Å². The second-order valence-corrected chi connectivity index (χ2v) is 6.61. The van der Waals surface area contributed by atoms with Gasteiger partial charge in [0.25, 0.3) is 0 Å². The van der Waals surface area contributed by atoms with Crippen LogP contribution in [0, 0.1) is 5.41 Å². The number of rotatable bonds is 2. The lowest BCUT2D eigenvalue weighted by molar-refractivity contribution is 0.00955. The molecule has 0 amide bonds. The lowest BCUT2D eigenvalue weighted by Gasteiger charge is -2.29. The molecule has 0 saturated heterocycles. The molecule has 1 aliphatic rings. The Labute approximate surface area is 114 Å². The summed E-state index contributed by atoms with van der Waals surface area (Å²) in [6, 6.07) is 0. The molecule has 102 valence electrons. The average Bonchev–Trinajstić information content (AvgIpc) is 2.62. The van der Waals surface area contributed by atoms with E-state index in [1.54, 1.807) is 6.20 Å². The number of aliphatic hydroxyl groups is 1. The van der Waals surface area contributed by atoms with Crippen molar-refractivity contribution in [2.24, 2.45) is 5.41 Å². The summed E-state index contributed by atoms with van der Waals surface area (Å²) < 4.78 is 1.83. The summed E-state index contributed by atoms with van der Waals surface area (Å²) in [5.41, 5.74) is 0.315. The van der Waals surface area contributed by atoms with Crippen LogP contribution in [-0.2, 0) is 12.1 Å². The number of hydrogen-bond donors (Lipinski definition) is 1. The topological polar surface area (TPSA) is 38.0 Å². The largest absolute Gasteiger partial charge is 0.384 e. The van der Waals surface area contributed by atoms with Crippen molar-refractivity contribution in [3.05, 3.63) is 16.9 Å². The third-order valence-corrected chi connectivity index (χ3v) is 4.47. The van der Waals surface area contributed by atoms with Crippen molar-refractivity contribution in [1.29, 1.82) is 0 Å². The number of nitrogens with zero attached hydrogens (tertiary/aromatic N) is 2. The van der Waals surface area contributed by atoms with Crippen molar-refractivity contribution in [2.75, 3.05) is 0 Å². The molecule has 18 heavy (non-hydrogen) atoms. The van der Waals surface area contributed by atoms with E-state index in [4.69, 9.17) is 11.6 Å². The molecule has 1 N–H and O–H groups in total. The Kier molecular flexibility index (Phi) is 3.75. The minimum atomic E-state index is -0.808. The first-order valence-corrected chi connectivity index (χ1v) is 7.20. The second-order valence-electron chi connectivity index (χ2n) is 6.21. The fourth-order valence-corrected chi connectivity index (χ4v) is 3.27. The molecule has 1 aromatic rings. The maximum absolute atomic E-state index is 11.0. The molecule has 1 atom stereocenters. The van der Waals surface area contributed by atoms with Gasteiger partial charge in [-0.25, -0.2) is 0 Å². The lowest BCUT2D eigenvalue weighted by atomic mass is 9.83. The van der Waals surface area contributed by atoms with E-state index in [9.17, 15) is 5.11 Å². The molecule has 0 radical (unpaired) electrons. The van der Waals surface area contributed by atoms with E-state index < -0.39 is 5.60 Å². The predicted molar refractivity (Wildman–Crippen MR) is 73.7 cm³/mol. The van der Waals surface area contributed by atoms with E-state index in [1.807, 2.05) is 11.6 Å². The predicted octanol–water partition coefficient (Wildman–Crippen LogP) is 3.73. The van der Waals surface area contributed by atoms with Gasteiger partial charge in [-0.2, -0.15) is 5.10 Å². The van der Waals surface area contributed by atoms with Crippen LogP contribution in [0.1, 0.15) is 58.6 Å². The Balaban J connectivity index is 2.33. The minimum absolute atomic E-state index is 0.314. The van der Waals surface area contributed by atoms with Crippen LogP contribution < -0.4 is 0 Å². The SMILES string of the molecule is CCn1ncc(Cl)c1C1(O)CCCC(C)(C)CC1. The minimum Gasteiger partial charge on any atom is -0.384 e. The maximum Gasteiger partial charge on any atom is 0.108 e. The first-order chi connectivity index (χ1) is 8.38. The summed E-state index contributed by atoms with van der Waals surface area (Å²) in [7, 11) is 0. The van der Waals surface area contributed by atoms with Gasteiger partial charge in [-0.05, 0) is 44.4 Å². The number of aryl methyl sites for hydroxylation is 1. The van der Waals surface area contributed by atoms with Crippen molar-refractivity contribution in [3.63, 3.8) is 0 Å². The summed E-state index contributed by atoms with van der Waals surface area (Å²) in [6.07, 6.45) is 6.41. The van der Waals surface area contributed by atoms with Crippen molar-refractivity contribution < 1.29 is 5.11 Å². The summed E-state index contributed by atoms with van der Waals surface area (Å²) in [5, 5.41) is 15.8. The highest BCUT2D eigenvalue weighted by Gasteiger charge is 2.38. The second kappa shape index (κ2) is 4.86. The van der Waals surface area contributed by atoms with Crippen molar-refractivity contribution >= 4 is 11.6 Å². The van der Waals surface area contributed by atoms with Crippen molar-refractivity contribution in [1.82, 2.24) is 9.78 Å². The molecule has 3 nitrogen and oxygen atoms in total. The summed E-state index contributed by atoms with van der Waals surface area (Å²) in [5.74, 6) is 0. The molecule has 1 heterocycles. The van der Waals surface area contributed by atoms with E-state index >= 15 is 0 Å². The van der Waals surface area contributed by atoms with Gasteiger partial charge in [0.05, 0.1) is 16.9 Å². The molecule has 4 heteroatoms. The van der Waals surface area contributed by atoms with Crippen LogP contribution in [0.15, 0.2) is 6.20 Å². The summed E-state index contributed by atoms with van der Waals surface area (Å²) in [4.78, 5) is 0. The van der Waals surface area contributed by atoms with Crippen LogP contribution in [0.25, 0.3) is 0 Å². The number of hydrogen-bond acceptors (Lipinski definition) is 2. The standard InChI is InChI=1S/C14H23ClN2O/c1-4-17-12(11(15)10-16-17)14(18)7-5-6-13(2,3)8-9-14/h10,18H,4-9H2,1-3H3. The Hall–Kier alpha value is -0.540. The van der Waals surface area contributed by atoms with Gasteiger partial charge in [-0.15, -0.1) is 0 Å². The molecule has 1 saturated carbocycles. The van der Waals surface area contributed by atoms with Gasteiger partial charge in [0.2, 0.25) is 0 Å². The first kappa shape index (κ1) is 13.9. The monoisotopic (exact) mass is 270 g/mol. The zero-order chi connectivity index (χ0) is 13.4. The quantitative estimate of drug-likeness (QED) is 0.832. The van der Waals surface area contributed by atoms with E-state index in [-0.39, 0.29) is 0 Å². The van der Waals surface area contributed by atoms with Gasteiger partial charge in [0, 0.05) is 6.54 Å². The van der Waals surface area contributed by atoms with Crippen LogP contribution >= 0.6 is 11.6 Å². The third-order valence-electron chi connectivity index (χ3n) is 4.19. The van der Waals surface area contributed by atoms with Crippen molar-refractivity contribution in [3.8, 4) is 0 Å². The van der Waals surface area contributed by atoms with Crippen LogP contribution in [-0.4, -0.2) is 14.9 Å². The molecule has 0 aliphatic heterocycles. The molecule has 2 rings (SSSR count). The molecular formula is C14H23ClN2O. The van der Waals surface area contributed by atoms with Gasteiger partial charge in [-0.3, -0.25) is 4.68 Å². The van der Waals surface area contributed by atoms with Gasteiger partial charge in [0.15, 0.2) is 0 Å². The van der Waals surface area contributed by atoms with Crippen LogP contribution in [0.3, 0.4) is 0 Å². The molecule has 1 aromatic heterocycles. The molecule has 1 aliphatic carbocycles. The lowest BCUT2D eigenvalue weighted by Crippen LogP contribution is -2.29. The Bertz CT molecular complexity index is 427. The smallest absolute Gasteiger partial charge is 0.108 e. The van der Waals surface area contributed by atoms with Gasteiger partial charge < -0.3 is 5.11 Å². The van der Waals surface area contributed by atoms with Crippen LogP contribution in [0.5, 0.6) is 0 Å². The molecular weight excluding hydrogens is 248 g/mol. The molecule has 0 bridgehead atoms. The maximum atomic E-state index is 11.0. The van der Waals surface area contributed by atoms with Crippen LogP contribution in [0.2, 0.25) is 5.02 Å². The third kappa shape index (κ3) is 2.57. The van der Waals surface area contributed by atoms with E-state index in [2.05, 4.69) is 18.9 Å². The number of aromatic nitrogens is 2. The summed E-state index contributed by atoms with van der Waals surface area (Å²) >= 11 is 6.23. The first-order valence-electron chi connectivity index (χ1n) is 6.82. The average molecular weight is 271 g/mol. The van der Waals surface area contributed by atoms with Gasteiger partial charge in [0.1, 0.15) is 5.60 Å². The van der Waals surface area contributed by atoms with Crippen LogP contribution in [0.4, 0.5) is 0 Å². The highest BCUT2D eigenvalue weighted by molar-refractivity contribution is 6.31. The van der Waals surface area contributed by atoms with Gasteiger partial charge in [-0.1, -0.05) is 25.4 Å². The molecule has 1 unspecified atom stereocenters. The highest BCUT2D eigenvalue weighted by atomic mass is 35.5. The van der Waals surface area contributed by atoms with E-state index in [1.165, 1.54) is 0 Å². The highest BCUT2D eigenvalue weighted by Crippen LogP contribution is 2.44. The molecule has 0 spiro atoms. The Morgan fingerprint density at radius 1 is 1.33 bits per heavy atom. The number of halogens is 1. The fraction of sp³-hybridized carbons (Fsp3) is 0.786. The Morgan fingerprint density at radius 3 is 2.72 bits per heavy atom. The zero-order valence-electron chi connectivity index (χ0n) is 11.5. The van der Waals surface area contributed by atoms with E-state index in [0.29, 0.717) is 10.4 Å². The summed E-state index contributed by atoms with van der Waals surface area (Å²) in [6.45, 7) is 7.32.